The molecule has 4 heteroatoms. The van der Waals surface area contributed by atoms with Crippen molar-refractivity contribution in [2.45, 2.75) is 32.4 Å². The summed E-state index contributed by atoms with van der Waals surface area (Å²) in [6, 6.07) is 0.226. The minimum absolute atomic E-state index is 0.0227. The van der Waals surface area contributed by atoms with Crippen LogP contribution in [0.1, 0.15) is 20.3 Å². The Morgan fingerprint density at radius 1 is 1.62 bits per heavy atom. The largest absolute Gasteiger partial charge is 0.380 e. The third-order valence-electron chi connectivity index (χ3n) is 2.18. The van der Waals surface area contributed by atoms with E-state index in [1.54, 1.807) is 12.0 Å². The molecular weight excluding hydrogens is 168 g/mol. The van der Waals surface area contributed by atoms with Crippen LogP contribution in [0.2, 0.25) is 0 Å². The number of rotatable bonds is 2. The first-order valence-electron chi connectivity index (χ1n) is 4.71. The number of amides is 2. The second kappa shape index (κ2) is 4.46. The molecule has 0 aromatic rings. The van der Waals surface area contributed by atoms with E-state index in [0.29, 0.717) is 0 Å². The minimum atomic E-state index is 0.0227. The van der Waals surface area contributed by atoms with Gasteiger partial charge in [0.2, 0.25) is 0 Å². The van der Waals surface area contributed by atoms with E-state index in [2.05, 4.69) is 5.32 Å². The van der Waals surface area contributed by atoms with Crippen molar-refractivity contribution in [1.29, 1.82) is 0 Å². The van der Waals surface area contributed by atoms with E-state index in [1.165, 1.54) is 0 Å². The van der Waals surface area contributed by atoms with Crippen molar-refractivity contribution in [2.24, 2.45) is 0 Å². The lowest BCUT2D eigenvalue weighted by Gasteiger charge is -2.18. The zero-order valence-corrected chi connectivity index (χ0v) is 8.54. The molecule has 0 aliphatic carbocycles. The Kier molecular flexibility index (Phi) is 3.54. The average molecular weight is 186 g/mol. The van der Waals surface area contributed by atoms with E-state index < -0.39 is 0 Å². The molecule has 1 heterocycles. The van der Waals surface area contributed by atoms with Gasteiger partial charge in [-0.2, -0.15) is 0 Å². The van der Waals surface area contributed by atoms with Crippen LogP contribution in [0.5, 0.6) is 0 Å². The van der Waals surface area contributed by atoms with E-state index in [-0.39, 0.29) is 18.2 Å². The molecule has 0 aromatic carbocycles. The zero-order valence-electron chi connectivity index (χ0n) is 8.54. The third-order valence-corrected chi connectivity index (χ3v) is 2.18. The van der Waals surface area contributed by atoms with Gasteiger partial charge < -0.3 is 15.0 Å². The van der Waals surface area contributed by atoms with E-state index >= 15 is 0 Å². The number of nitrogens with zero attached hydrogens (tertiary/aromatic N) is 1. The normalized spacial score (nSPS) is 22.5. The van der Waals surface area contributed by atoms with E-state index in [4.69, 9.17) is 4.74 Å². The van der Waals surface area contributed by atoms with Gasteiger partial charge in [0.25, 0.3) is 0 Å². The van der Waals surface area contributed by atoms with Crippen LogP contribution in [-0.4, -0.2) is 43.3 Å². The molecule has 1 saturated heterocycles. The fourth-order valence-electron chi connectivity index (χ4n) is 1.44. The second-order valence-corrected chi connectivity index (χ2v) is 3.70. The number of nitrogens with one attached hydrogen (secondary N) is 1. The molecule has 1 aliphatic rings. The highest BCUT2D eigenvalue weighted by atomic mass is 16.5. The molecular formula is C9H18N2O2. The van der Waals surface area contributed by atoms with Gasteiger partial charge in [0.15, 0.2) is 0 Å². The molecule has 0 saturated carbocycles. The number of methoxy groups -OCH3 is 1. The lowest BCUT2D eigenvalue weighted by molar-refractivity contribution is 0.110. The summed E-state index contributed by atoms with van der Waals surface area (Å²) in [5.74, 6) is 0. The van der Waals surface area contributed by atoms with Gasteiger partial charge in [-0.3, -0.25) is 0 Å². The summed E-state index contributed by atoms with van der Waals surface area (Å²) in [6.45, 7) is 5.44. The molecule has 0 bridgehead atoms. The first-order chi connectivity index (χ1) is 6.13. The predicted molar refractivity (Wildman–Crippen MR) is 50.7 cm³/mol. The van der Waals surface area contributed by atoms with Crippen molar-refractivity contribution in [3.63, 3.8) is 0 Å². The van der Waals surface area contributed by atoms with Crippen LogP contribution in [0.4, 0.5) is 4.79 Å². The maximum absolute atomic E-state index is 11.5. The van der Waals surface area contributed by atoms with Crippen LogP contribution in [0.3, 0.4) is 0 Å². The van der Waals surface area contributed by atoms with E-state index in [0.717, 1.165) is 19.5 Å². The third kappa shape index (κ3) is 2.88. The quantitative estimate of drug-likeness (QED) is 0.694. The summed E-state index contributed by atoms with van der Waals surface area (Å²) in [4.78, 5) is 13.3. The Morgan fingerprint density at radius 3 is 2.77 bits per heavy atom. The van der Waals surface area contributed by atoms with Crippen LogP contribution in [0, 0.1) is 0 Å². The van der Waals surface area contributed by atoms with Gasteiger partial charge in [-0.1, -0.05) is 0 Å². The molecule has 76 valence electrons. The molecule has 1 fully saturated rings. The lowest BCUT2D eigenvalue weighted by Crippen LogP contribution is -2.42. The second-order valence-electron chi connectivity index (χ2n) is 3.70. The molecule has 1 rings (SSSR count). The van der Waals surface area contributed by atoms with Crippen molar-refractivity contribution in [2.75, 3.05) is 20.2 Å². The first kappa shape index (κ1) is 10.3. The molecule has 0 radical (unpaired) electrons. The highest BCUT2D eigenvalue weighted by Gasteiger charge is 2.25. The van der Waals surface area contributed by atoms with Gasteiger partial charge in [-0.25, -0.2) is 4.79 Å². The standard InChI is InChI=1S/C9H18N2O2/c1-7(2)10-9(12)11-5-4-8(6-11)13-3/h7-8H,4-6H2,1-3H3,(H,10,12)/t8-/m1/s1. The molecule has 13 heavy (non-hydrogen) atoms. The highest BCUT2D eigenvalue weighted by molar-refractivity contribution is 5.74. The van der Waals surface area contributed by atoms with Gasteiger partial charge in [-0.15, -0.1) is 0 Å². The van der Waals surface area contributed by atoms with Gasteiger partial charge in [0, 0.05) is 26.2 Å². The van der Waals surface area contributed by atoms with Crippen molar-refractivity contribution in [3.05, 3.63) is 0 Å². The van der Waals surface area contributed by atoms with Crippen molar-refractivity contribution in [1.82, 2.24) is 10.2 Å². The van der Waals surface area contributed by atoms with E-state index in [9.17, 15) is 4.79 Å². The Balaban J connectivity index is 2.33. The number of carbonyl (C=O) groups excluding carboxylic acids is 1. The van der Waals surface area contributed by atoms with Gasteiger partial charge in [-0.05, 0) is 20.3 Å². The smallest absolute Gasteiger partial charge is 0.317 e. The van der Waals surface area contributed by atoms with Crippen LogP contribution < -0.4 is 5.32 Å². The van der Waals surface area contributed by atoms with Crippen LogP contribution in [0.25, 0.3) is 0 Å². The fourth-order valence-corrected chi connectivity index (χ4v) is 1.44. The fraction of sp³-hybridized carbons (Fsp3) is 0.889. The molecule has 1 N–H and O–H groups in total. The number of urea groups is 1. The summed E-state index contributed by atoms with van der Waals surface area (Å²) >= 11 is 0. The molecule has 4 nitrogen and oxygen atoms in total. The van der Waals surface area contributed by atoms with Gasteiger partial charge in [0.1, 0.15) is 0 Å². The van der Waals surface area contributed by atoms with Crippen molar-refractivity contribution >= 4 is 6.03 Å². The zero-order chi connectivity index (χ0) is 9.84. The van der Waals surface area contributed by atoms with Crippen LogP contribution >= 0.6 is 0 Å². The SMILES string of the molecule is CO[C@@H]1CCN(C(=O)NC(C)C)C1. The average Bonchev–Trinajstić information content (AvgIpc) is 2.50. The summed E-state index contributed by atoms with van der Waals surface area (Å²) in [5.41, 5.74) is 0. The topological polar surface area (TPSA) is 41.6 Å². The summed E-state index contributed by atoms with van der Waals surface area (Å²) in [6.07, 6.45) is 1.17. The predicted octanol–water partition coefficient (Wildman–Crippen LogP) is 0.825. The Bertz CT molecular complexity index is 182. The number of likely N-dealkylation sites (tertiary alicyclic amines) is 1. The molecule has 1 aliphatic heterocycles. The molecule has 0 aromatic heterocycles. The maximum Gasteiger partial charge on any atom is 0.317 e. The monoisotopic (exact) mass is 186 g/mol. The van der Waals surface area contributed by atoms with Crippen molar-refractivity contribution < 1.29 is 9.53 Å². The molecule has 2 amide bonds. The Labute approximate surface area is 79.2 Å². The molecule has 0 spiro atoms. The first-order valence-corrected chi connectivity index (χ1v) is 4.71. The molecule has 0 unspecified atom stereocenters. The number of hydrogen-bond acceptors (Lipinski definition) is 2. The summed E-state index contributed by atoms with van der Waals surface area (Å²) in [5, 5.41) is 2.86. The Hall–Kier alpha value is -0.770. The number of hydrogen-bond donors (Lipinski definition) is 1. The molecule has 1 atom stereocenters. The Morgan fingerprint density at radius 2 is 2.31 bits per heavy atom. The van der Waals surface area contributed by atoms with Crippen molar-refractivity contribution in [3.8, 4) is 0 Å². The summed E-state index contributed by atoms with van der Waals surface area (Å²) < 4.78 is 5.17. The number of ether oxygens (including phenoxy) is 1. The van der Waals surface area contributed by atoms with Gasteiger partial charge in [0.05, 0.1) is 6.10 Å². The lowest BCUT2D eigenvalue weighted by atomic mass is 10.3. The van der Waals surface area contributed by atoms with E-state index in [1.807, 2.05) is 13.8 Å². The highest BCUT2D eigenvalue weighted by Crippen LogP contribution is 2.11. The number of carbonyl (C=O) groups is 1. The summed E-state index contributed by atoms with van der Waals surface area (Å²) in [7, 11) is 1.69. The minimum Gasteiger partial charge on any atom is -0.380 e. The van der Waals surface area contributed by atoms with Crippen LogP contribution in [-0.2, 0) is 4.74 Å². The van der Waals surface area contributed by atoms with Gasteiger partial charge >= 0.3 is 6.03 Å². The van der Waals surface area contributed by atoms with Crippen LogP contribution in [0.15, 0.2) is 0 Å². The maximum atomic E-state index is 11.5.